The van der Waals surface area contributed by atoms with Crippen LogP contribution in [0.2, 0.25) is 0 Å². The molecule has 0 atom stereocenters. The fraction of sp³-hybridized carbons (Fsp3) is 0.385. The van der Waals surface area contributed by atoms with E-state index in [-0.39, 0.29) is 5.97 Å². The van der Waals surface area contributed by atoms with E-state index < -0.39 is 0 Å². The van der Waals surface area contributed by atoms with Crippen LogP contribution in [0.3, 0.4) is 0 Å². The Kier molecular flexibility index (Phi) is 5.35. The predicted octanol–water partition coefficient (Wildman–Crippen LogP) is 2.96. The normalized spacial score (nSPS) is 10.4. The number of nitrogens with zero attached hydrogens (tertiary/aromatic N) is 1. The van der Waals surface area contributed by atoms with Crippen molar-refractivity contribution in [1.29, 1.82) is 0 Å². The van der Waals surface area contributed by atoms with Gasteiger partial charge in [-0.25, -0.2) is 4.98 Å². The average Bonchev–Trinajstić information content (AvgIpc) is 3.07. The van der Waals surface area contributed by atoms with Gasteiger partial charge >= 0.3 is 5.97 Å². The number of hydrogen-bond donors (Lipinski definition) is 1. The molecule has 6 heteroatoms. The van der Waals surface area contributed by atoms with Crippen molar-refractivity contribution in [3.8, 4) is 0 Å². The van der Waals surface area contributed by atoms with Crippen molar-refractivity contribution in [2.75, 3.05) is 19.0 Å². The van der Waals surface area contributed by atoms with Crippen LogP contribution < -0.4 is 5.32 Å². The summed E-state index contributed by atoms with van der Waals surface area (Å²) >= 11 is 3.29. The molecule has 0 amide bonds. The van der Waals surface area contributed by atoms with Gasteiger partial charge in [-0.15, -0.1) is 11.3 Å². The summed E-state index contributed by atoms with van der Waals surface area (Å²) in [5, 5.41) is 10.4. The molecule has 0 aliphatic carbocycles. The van der Waals surface area contributed by atoms with Crippen LogP contribution in [0.4, 0.5) is 5.13 Å². The van der Waals surface area contributed by atoms with E-state index in [1.807, 2.05) is 5.38 Å². The molecular formula is C13H16N2O2S2. The largest absolute Gasteiger partial charge is 0.469 e. The SMILES string of the molecule is COC(=O)CCc1csc(NCCc2ccsc2)n1. The number of thiophene rings is 1. The zero-order valence-electron chi connectivity index (χ0n) is 10.7. The van der Waals surface area contributed by atoms with E-state index in [0.29, 0.717) is 12.8 Å². The third kappa shape index (κ3) is 4.65. The van der Waals surface area contributed by atoms with Crippen molar-refractivity contribution in [3.63, 3.8) is 0 Å². The summed E-state index contributed by atoms with van der Waals surface area (Å²) in [6.07, 6.45) is 2.02. The summed E-state index contributed by atoms with van der Waals surface area (Å²) in [4.78, 5) is 15.5. The van der Waals surface area contributed by atoms with E-state index in [1.54, 1.807) is 22.7 Å². The van der Waals surface area contributed by atoms with Crippen molar-refractivity contribution in [2.24, 2.45) is 0 Å². The first-order chi connectivity index (χ1) is 9.28. The molecule has 0 bridgehead atoms. The maximum Gasteiger partial charge on any atom is 0.305 e. The van der Waals surface area contributed by atoms with Gasteiger partial charge in [0.2, 0.25) is 0 Å². The number of aryl methyl sites for hydroxylation is 1. The van der Waals surface area contributed by atoms with Crippen molar-refractivity contribution in [3.05, 3.63) is 33.5 Å². The highest BCUT2D eigenvalue weighted by molar-refractivity contribution is 7.13. The molecule has 19 heavy (non-hydrogen) atoms. The van der Waals surface area contributed by atoms with E-state index in [9.17, 15) is 4.79 Å². The van der Waals surface area contributed by atoms with Gasteiger partial charge < -0.3 is 10.1 Å². The van der Waals surface area contributed by atoms with Gasteiger partial charge in [0.25, 0.3) is 0 Å². The molecule has 0 aliphatic rings. The number of aromatic nitrogens is 1. The number of nitrogens with one attached hydrogen (secondary N) is 1. The smallest absolute Gasteiger partial charge is 0.305 e. The van der Waals surface area contributed by atoms with Gasteiger partial charge in [0, 0.05) is 18.3 Å². The maximum absolute atomic E-state index is 11.0. The highest BCUT2D eigenvalue weighted by atomic mass is 32.1. The lowest BCUT2D eigenvalue weighted by atomic mass is 10.2. The maximum atomic E-state index is 11.0. The van der Waals surface area contributed by atoms with Crippen LogP contribution in [-0.2, 0) is 22.4 Å². The van der Waals surface area contributed by atoms with E-state index >= 15 is 0 Å². The molecule has 0 aliphatic heterocycles. The third-order valence-electron chi connectivity index (χ3n) is 2.63. The molecule has 2 heterocycles. The summed E-state index contributed by atoms with van der Waals surface area (Å²) in [6, 6.07) is 2.13. The molecule has 4 nitrogen and oxygen atoms in total. The van der Waals surface area contributed by atoms with Crippen LogP contribution in [-0.4, -0.2) is 24.6 Å². The van der Waals surface area contributed by atoms with Gasteiger partial charge in [0.15, 0.2) is 5.13 Å². The number of anilines is 1. The minimum atomic E-state index is -0.194. The summed E-state index contributed by atoms with van der Waals surface area (Å²) in [5.41, 5.74) is 2.29. The quantitative estimate of drug-likeness (QED) is 0.798. The minimum Gasteiger partial charge on any atom is -0.469 e. The Morgan fingerprint density at radius 1 is 1.42 bits per heavy atom. The Labute approximate surface area is 120 Å². The average molecular weight is 296 g/mol. The second kappa shape index (κ2) is 7.25. The Balaban J connectivity index is 1.73. The van der Waals surface area contributed by atoms with Gasteiger partial charge in [-0.2, -0.15) is 11.3 Å². The summed E-state index contributed by atoms with van der Waals surface area (Å²) in [6.45, 7) is 0.876. The van der Waals surface area contributed by atoms with Crippen LogP contribution >= 0.6 is 22.7 Å². The molecule has 2 aromatic rings. The van der Waals surface area contributed by atoms with Crippen molar-refractivity contribution in [1.82, 2.24) is 4.98 Å². The van der Waals surface area contributed by atoms with Gasteiger partial charge in [0.05, 0.1) is 19.2 Å². The number of thiazole rings is 1. The summed E-state index contributed by atoms with van der Waals surface area (Å²) in [5.74, 6) is -0.194. The molecule has 0 saturated carbocycles. The number of methoxy groups -OCH3 is 1. The monoisotopic (exact) mass is 296 g/mol. The lowest BCUT2D eigenvalue weighted by molar-refractivity contribution is -0.140. The van der Waals surface area contributed by atoms with Crippen molar-refractivity contribution >= 4 is 33.8 Å². The standard InChI is InChI=1S/C13H16N2O2S2/c1-17-12(16)3-2-11-9-19-13(15-11)14-6-4-10-5-7-18-8-10/h5,7-9H,2-4,6H2,1H3,(H,14,15). The highest BCUT2D eigenvalue weighted by Gasteiger charge is 2.05. The van der Waals surface area contributed by atoms with Crippen molar-refractivity contribution in [2.45, 2.75) is 19.3 Å². The molecule has 0 radical (unpaired) electrons. The minimum absolute atomic E-state index is 0.194. The van der Waals surface area contributed by atoms with E-state index in [1.165, 1.54) is 12.7 Å². The Bertz CT molecular complexity index is 508. The number of carbonyl (C=O) groups is 1. The predicted molar refractivity (Wildman–Crippen MR) is 79.0 cm³/mol. The number of hydrogen-bond acceptors (Lipinski definition) is 6. The molecule has 2 aromatic heterocycles. The fourth-order valence-corrected chi connectivity index (χ4v) is 3.06. The zero-order valence-corrected chi connectivity index (χ0v) is 12.4. The molecule has 1 N–H and O–H groups in total. The number of esters is 1. The third-order valence-corrected chi connectivity index (χ3v) is 4.22. The van der Waals surface area contributed by atoms with E-state index in [2.05, 4.69) is 31.9 Å². The van der Waals surface area contributed by atoms with Crippen LogP contribution in [0.15, 0.2) is 22.2 Å². The Morgan fingerprint density at radius 2 is 2.32 bits per heavy atom. The number of carbonyl (C=O) groups excluding carboxylic acids is 1. The van der Waals surface area contributed by atoms with Crippen LogP contribution in [0.25, 0.3) is 0 Å². The second-order valence-corrected chi connectivity index (χ2v) is 5.67. The zero-order chi connectivity index (χ0) is 13.5. The summed E-state index contributed by atoms with van der Waals surface area (Å²) in [7, 11) is 1.40. The first-order valence-electron chi connectivity index (χ1n) is 6.04. The van der Waals surface area contributed by atoms with Gasteiger partial charge in [-0.05, 0) is 28.8 Å². The van der Waals surface area contributed by atoms with Crippen molar-refractivity contribution < 1.29 is 9.53 Å². The Morgan fingerprint density at radius 3 is 3.05 bits per heavy atom. The Hall–Kier alpha value is -1.40. The first kappa shape index (κ1) is 14.0. The van der Waals surface area contributed by atoms with Gasteiger partial charge in [0.1, 0.15) is 0 Å². The molecule has 0 saturated heterocycles. The molecule has 2 rings (SSSR count). The molecule has 0 unspecified atom stereocenters. The van der Waals surface area contributed by atoms with Gasteiger partial charge in [-0.1, -0.05) is 0 Å². The molecule has 0 spiro atoms. The van der Waals surface area contributed by atoms with Crippen LogP contribution in [0.5, 0.6) is 0 Å². The van der Waals surface area contributed by atoms with Crippen LogP contribution in [0, 0.1) is 0 Å². The lowest BCUT2D eigenvalue weighted by Crippen LogP contribution is -2.04. The van der Waals surface area contributed by atoms with E-state index in [0.717, 1.165) is 23.8 Å². The van der Waals surface area contributed by atoms with Gasteiger partial charge in [-0.3, -0.25) is 4.79 Å². The number of rotatable bonds is 7. The highest BCUT2D eigenvalue weighted by Crippen LogP contribution is 2.17. The van der Waals surface area contributed by atoms with Crippen LogP contribution in [0.1, 0.15) is 17.7 Å². The summed E-state index contributed by atoms with van der Waals surface area (Å²) < 4.78 is 4.61. The van der Waals surface area contributed by atoms with E-state index in [4.69, 9.17) is 0 Å². The molecular weight excluding hydrogens is 280 g/mol. The fourth-order valence-electron chi connectivity index (χ4n) is 1.58. The molecule has 0 fully saturated rings. The molecule has 102 valence electrons. The topological polar surface area (TPSA) is 51.2 Å². The molecule has 0 aromatic carbocycles. The first-order valence-corrected chi connectivity index (χ1v) is 7.86. The second-order valence-electron chi connectivity index (χ2n) is 4.03. The number of ether oxygens (including phenoxy) is 1. The lowest BCUT2D eigenvalue weighted by Gasteiger charge is -2.00.